The van der Waals surface area contributed by atoms with Crippen LogP contribution in [0.25, 0.3) is 0 Å². The summed E-state index contributed by atoms with van der Waals surface area (Å²) in [6, 6.07) is 5.44. The van der Waals surface area contributed by atoms with Crippen molar-refractivity contribution in [2.24, 2.45) is 0 Å². The maximum atomic E-state index is 12.5. The summed E-state index contributed by atoms with van der Waals surface area (Å²) in [4.78, 5) is 2.28. The van der Waals surface area contributed by atoms with Crippen LogP contribution in [0.3, 0.4) is 0 Å². The van der Waals surface area contributed by atoms with Gasteiger partial charge in [0.2, 0.25) is 0 Å². The first kappa shape index (κ1) is 17.0. The first-order valence-electron chi connectivity index (χ1n) is 7.53. The van der Waals surface area contributed by atoms with Crippen LogP contribution in [0.4, 0.5) is 8.78 Å². The highest BCUT2D eigenvalue weighted by Crippen LogP contribution is 2.31. The van der Waals surface area contributed by atoms with Crippen LogP contribution in [0.2, 0.25) is 0 Å². The summed E-state index contributed by atoms with van der Waals surface area (Å²) >= 11 is 0. The number of aliphatic hydroxyl groups excluding tert-OH is 1. The summed E-state index contributed by atoms with van der Waals surface area (Å²) in [5.41, 5.74) is 0.897. The largest absolute Gasteiger partial charge is 0.493 e. The Balaban J connectivity index is 2.08. The summed E-state index contributed by atoms with van der Waals surface area (Å²) in [6.07, 6.45) is 2.55. The van der Waals surface area contributed by atoms with Gasteiger partial charge >= 0.3 is 6.61 Å². The third kappa shape index (κ3) is 4.55. The summed E-state index contributed by atoms with van der Waals surface area (Å²) in [7, 11) is 1.42. The van der Waals surface area contributed by atoms with E-state index in [0.29, 0.717) is 18.3 Å². The molecule has 0 radical (unpaired) electrons. The van der Waals surface area contributed by atoms with Gasteiger partial charge in [-0.05, 0) is 50.4 Å². The van der Waals surface area contributed by atoms with E-state index in [4.69, 9.17) is 4.74 Å². The van der Waals surface area contributed by atoms with Gasteiger partial charge in [0, 0.05) is 12.6 Å². The van der Waals surface area contributed by atoms with Crippen molar-refractivity contribution >= 4 is 0 Å². The number of hydrogen-bond acceptors (Lipinski definition) is 4. The Morgan fingerprint density at radius 3 is 2.77 bits per heavy atom. The molecule has 22 heavy (non-hydrogen) atoms. The fourth-order valence-electron chi connectivity index (χ4n) is 3.01. The fourth-order valence-corrected chi connectivity index (χ4v) is 3.01. The van der Waals surface area contributed by atoms with Crippen LogP contribution in [0.5, 0.6) is 11.5 Å². The number of benzene rings is 1. The standard InChI is InChI=1S/C16H23F2NO3/c1-11(20)8-13-4-3-7-19(13)10-12-5-6-14(21-2)15(9-12)22-16(17)18/h5-6,9,11,13,16,20H,3-4,7-8,10H2,1-2H3. The molecule has 1 fully saturated rings. The maximum Gasteiger partial charge on any atom is 0.387 e. The predicted molar refractivity (Wildman–Crippen MR) is 79.4 cm³/mol. The number of ether oxygens (including phenoxy) is 2. The Bertz CT molecular complexity index is 482. The minimum atomic E-state index is -2.88. The second-order valence-electron chi connectivity index (χ2n) is 5.71. The number of methoxy groups -OCH3 is 1. The van der Waals surface area contributed by atoms with Crippen molar-refractivity contribution in [2.45, 2.75) is 51.5 Å². The molecule has 6 heteroatoms. The Morgan fingerprint density at radius 1 is 1.36 bits per heavy atom. The van der Waals surface area contributed by atoms with E-state index in [0.717, 1.165) is 31.4 Å². The van der Waals surface area contributed by atoms with E-state index in [-0.39, 0.29) is 11.9 Å². The third-order valence-electron chi connectivity index (χ3n) is 3.94. The van der Waals surface area contributed by atoms with Crippen LogP contribution in [-0.2, 0) is 6.54 Å². The number of alkyl halides is 2. The molecule has 0 amide bonds. The van der Waals surface area contributed by atoms with Crippen LogP contribution >= 0.6 is 0 Å². The topological polar surface area (TPSA) is 41.9 Å². The molecule has 124 valence electrons. The summed E-state index contributed by atoms with van der Waals surface area (Å²) in [5.74, 6) is 0.354. The van der Waals surface area contributed by atoms with Gasteiger partial charge in [-0.15, -0.1) is 0 Å². The number of likely N-dealkylation sites (tertiary alicyclic amines) is 1. The van der Waals surface area contributed by atoms with Crippen molar-refractivity contribution in [2.75, 3.05) is 13.7 Å². The van der Waals surface area contributed by atoms with Crippen LogP contribution in [0.1, 0.15) is 31.7 Å². The molecular weight excluding hydrogens is 292 g/mol. The highest BCUT2D eigenvalue weighted by Gasteiger charge is 2.25. The second kappa shape index (κ2) is 7.74. The zero-order valence-corrected chi connectivity index (χ0v) is 13.0. The average Bonchev–Trinajstić information content (AvgIpc) is 2.85. The second-order valence-corrected chi connectivity index (χ2v) is 5.71. The molecule has 0 spiro atoms. The van der Waals surface area contributed by atoms with E-state index < -0.39 is 6.61 Å². The number of halogens is 2. The molecule has 1 saturated heterocycles. The van der Waals surface area contributed by atoms with E-state index in [9.17, 15) is 13.9 Å². The molecular formula is C16H23F2NO3. The molecule has 0 saturated carbocycles. The number of nitrogens with zero attached hydrogens (tertiary/aromatic N) is 1. The molecule has 4 nitrogen and oxygen atoms in total. The SMILES string of the molecule is COc1ccc(CN2CCCC2CC(C)O)cc1OC(F)F. The van der Waals surface area contributed by atoms with Crippen LogP contribution in [0, 0.1) is 0 Å². The number of rotatable bonds is 7. The van der Waals surface area contributed by atoms with Gasteiger partial charge < -0.3 is 14.6 Å². The van der Waals surface area contributed by atoms with Gasteiger partial charge in [0.25, 0.3) is 0 Å². The highest BCUT2D eigenvalue weighted by atomic mass is 19.3. The molecule has 1 aliphatic rings. The monoisotopic (exact) mass is 315 g/mol. The van der Waals surface area contributed by atoms with Crippen molar-refractivity contribution in [3.8, 4) is 11.5 Å². The normalized spacial score (nSPS) is 20.4. The quantitative estimate of drug-likeness (QED) is 0.840. The lowest BCUT2D eigenvalue weighted by Crippen LogP contribution is -2.31. The average molecular weight is 315 g/mol. The molecule has 1 aliphatic heterocycles. The van der Waals surface area contributed by atoms with E-state index in [1.54, 1.807) is 19.1 Å². The summed E-state index contributed by atoms with van der Waals surface area (Å²) < 4.78 is 34.5. The third-order valence-corrected chi connectivity index (χ3v) is 3.94. The highest BCUT2D eigenvalue weighted by molar-refractivity contribution is 5.43. The molecule has 0 aliphatic carbocycles. The van der Waals surface area contributed by atoms with Crippen molar-refractivity contribution in [3.63, 3.8) is 0 Å². The molecule has 1 aromatic rings. The first-order chi connectivity index (χ1) is 10.5. The lowest BCUT2D eigenvalue weighted by Gasteiger charge is -2.25. The van der Waals surface area contributed by atoms with Crippen molar-refractivity contribution in [3.05, 3.63) is 23.8 Å². The fraction of sp³-hybridized carbons (Fsp3) is 0.625. The maximum absolute atomic E-state index is 12.5. The van der Waals surface area contributed by atoms with Crippen LogP contribution < -0.4 is 9.47 Å². The molecule has 2 unspecified atom stereocenters. The van der Waals surface area contributed by atoms with Gasteiger partial charge in [-0.3, -0.25) is 4.90 Å². The lowest BCUT2D eigenvalue weighted by molar-refractivity contribution is -0.0512. The summed E-state index contributed by atoms with van der Waals surface area (Å²) in [6.45, 7) is 0.521. The van der Waals surface area contributed by atoms with Gasteiger partial charge in [0.05, 0.1) is 13.2 Å². The first-order valence-corrected chi connectivity index (χ1v) is 7.53. The van der Waals surface area contributed by atoms with E-state index in [1.165, 1.54) is 7.11 Å². The minimum absolute atomic E-state index is 0.0567. The number of hydrogen-bond donors (Lipinski definition) is 1. The molecule has 1 aromatic carbocycles. The smallest absolute Gasteiger partial charge is 0.387 e. The zero-order valence-electron chi connectivity index (χ0n) is 13.0. The lowest BCUT2D eigenvalue weighted by atomic mass is 10.1. The van der Waals surface area contributed by atoms with Gasteiger partial charge in [0.1, 0.15) is 0 Å². The van der Waals surface area contributed by atoms with E-state index in [2.05, 4.69) is 9.64 Å². The van der Waals surface area contributed by atoms with Gasteiger partial charge in [-0.2, -0.15) is 8.78 Å². The van der Waals surface area contributed by atoms with E-state index in [1.807, 2.05) is 6.07 Å². The summed E-state index contributed by atoms with van der Waals surface area (Å²) in [5, 5.41) is 9.56. The molecule has 0 aromatic heterocycles. The number of aliphatic hydroxyl groups is 1. The van der Waals surface area contributed by atoms with Crippen molar-refractivity contribution in [1.29, 1.82) is 0 Å². The van der Waals surface area contributed by atoms with Crippen LogP contribution in [-0.4, -0.2) is 42.4 Å². The molecule has 1 N–H and O–H groups in total. The molecule has 0 bridgehead atoms. The minimum Gasteiger partial charge on any atom is -0.493 e. The van der Waals surface area contributed by atoms with Crippen molar-refractivity contribution < 1.29 is 23.4 Å². The van der Waals surface area contributed by atoms with Gasteiger partial charge in [0.15, 0.2) is 11.5 Å². The Morgan fingerprint density at radius 2 is 2.14 bits per heavy atom. The molecule has 2 atom stereocenters. The Kier molecular flexibility index (Phi) is 5.97. The Hall–Kier alpha value is -1.40. The van der Waals surface area contributed by atoms with Gasteiger partial charge in [-0.1, -0.05) is 6.07 Å². The van der Waals surface area contributed by atoms with E-state index >= 15 is 0 Å². The van der Waals surface area contributed by atoms with Gasteiger partial charge in [-0.25, -0.2) is 0 Å². The van der Waals surface area contributed by atoms with Crippen molar-refractivity contribution in [1.82, 2.24) is 4.90 Å². The molecule has 1 heterocycles. The zero-order chi connectivity index (χ0) is 16.1. The predicted octanol–water partition coefficient (Wildman–Crippen LogP) is 3.03. The van der Waals surface area contributed by atoms with Crippen LogP contribution in [0.15, 0.2) is 18.2 Å². The Labute approximate surface area is 129 Å². The molecule has 2 rings (SSSR count).